The zero-order valence-electron chi connectivity index (χ0n) is 9.62. The van der Waals surface area contributed by atoms with Crippen molar-refractivity contribution in [2.24, 2.45) is 0 Å². The van der Waals surface area contributed by atoms with Crippen LogP contribution in [0.3, 0.4) is 0 Å². The van der Waals surface area contributed by atoms with Crippen molar-refractivity contribution < 1.29 is 4.79 Å². The van der Waals surface area contributed by atoms with Gasteiger partial charge in [-0.05, 0) is 41.2 Å². The molecule has 0 spiro atoms. The quantitative estimate of drug-likeness (QED) is 0.697. The lowest BCUT2D eigenvalue weighted by molar-refractivity contribution is -0.127. The largest absolute Gasteiger partial charge is 0.350 e. The maximum Gasteiger partial charge on any atom is 0.240 e. The number of hydrogen-bond donors (Lipinski definition) is 2. The fourth-order valence-electron chi connectivity index (χ4n) is 1.02. The van der Waals surface area contributed by atoms with E-state index in [0.717, 1.165) is 6.54 Å². The van der Waals surface area contributed by atoms with Crippen LogP contribution in [0.1, 0.15) is 41.5 Å². The van der Waals surface area contributed by atoms with Crippen molar-refractivity contribution in [2.45, 2.75) is 52.6 Å². The summed E-state index contributed by atoms with van der Waals surface area (Å²) in [5.74, 6) is 0.0434. The van der Waals surface area contributed by atoms with Crippen molar-refractivity contribution in [3.63, 3.8) is 0 Å². The highest BCUT2D eigenvalue weighted by Crippen LogP contribution is 2.06. The highest BCUT2D eigenvalue weighted by Gasteiger charge is 2.28. The summed E-state index contributed by atoms with van der Waals surface area (Å²) in [6, 6.07) is 0. The van der Waals surface area contributed by atoms with E-state index in [4.69, 9.17) is 0 Å². The van der Waals surface area contributed by atoms with Gasteiger partial charge in [-0.25, -0.2) is 0 Å². The van der Waals surface area contributed by atoms with Crippen molar-refractivity contribution in [3.05, 3.63) is 0 Å². The first-order valence-corrected chi connectivity index (χ1v) is 4.76. The summed E-state index contributed by atoms with van der Waals surface area (Å²) in [5.41, 5.74) is -0.647. The van der Waals surface area contributed by atoms with Crippen LogP contribution in [0.25, 0.3) is 0 Å². The Balaban J connectivity index is 4.25. The Morgan fingerprint density at radius 1 is 1.15 bits per heavy atom. The van der Waals surface area contributed by atoms with Crippen molar-refractivity contribution in [2.75, 3.05) is 6.54 Å². The number of amides is 1. The molecule has 0 radical (unpaired) electrons. The van der Waals surface area contributed by atoms with Crippen LogP contribution in [-0.2, 0) is 4.79 Å². The van der Waals surface area contributed by atoms with Crippen LogP contribution in [-0.4, -0.2) is 23.5 Å². The van der Waals surface area contributed by atoms with Crippen LogP contribution in [0.4, 0.5) is 0 Å². The van der Waals surface area contributed by atoms with E-state index in [9.17, 15) is 4.79 Å². The zero-order valence-corrected chi connectivity index (χ0v) is 9.62. The number of nitrogens with one attached hydrogen (secondary N) is 2. The third-order valence-corrected chi connectivity index (χ3v) is 1.67. The third kappa shape index (κ3) is 4.88. The van der Waals surface area contributed by atoms with Crippen LogP contribution in [0, 0.1) is 0 Å². The zero-order chi connectivity index (χ0) is 10.7. The van der Waals surface area contributed by atoms with Crippen LogP contribution in [0.5, 0.6) is 0 Å². The van der Waals surface area contributed by atoms with E-state index < -0.39 is 5.54 Å². The van der Waals surface area contributed by atoms with E-state index in [1.165, 1.54) is 0 Å². The number of rotatable bonds is 3. The first-order valence-electron chi connectivity index (χ1n) is 4.76. The summed E-state index contributed by atoms with van der Waals surface area (Å²) in [5, 5.41) is 6.07. The Labute approximate surface area is 81.3 Å². The van der Waals surface area contributed by atoms with Gasteiger partial charge in [-0.3, -0.25) is 4.79 Å². The van der Waals surface area contributed by atoms with Gasteiger partial charge in [-0.1, -0.05) is 6.92 Å². The molecular formula is C10H22N2O. The molecule has 0 rings (SSSR count). The minimum atomic E-state index is -0.484. The highest BCUT2D eigenvalue weighted by molar-refractivity contribution is 5.85. The van der Waals surface area contributed by atoms with Gasteiger partial charge in [0.1, 0.15) is 0 Å². The highest BCUT2D eigenvalue weighted by atomic mass is 16.2. The molecule has 1 amide bonds. The molecule has 0 aliphatic carbocycles. The molecule has 3 heteroatoms. The first-order chi connectivity index (χ1) is 5.69. The van der Waals surface area contributed by atoms with Gasteiger partial charge in [0.05, 0.1) is 5.54 Å². The topological polar surface area (TPSA) is 41.1 Å². The second-order valence-corrected chi connectivity index (χ2v) is 4.86. The number of likely N-dealkylation sites (N-methyl/N-ethyl adjacent to an activating group) is 1. The van der Waals surface area contributed by atoms with Crippen molar-refractivity contribution in [3.8, 4) is 0 Å². The molecule has 0 aliphatic heterocycles. The normalized spacial score (nSPS) is 12.8. The minimum absolute atomic E-state index is 0.0434. The molecule has 0 aromatic rings. The fraction of sp³-hybridized carbons (Fsp3) is 0.900. The minimum Gasteiger partial charge on any atom is -0.350 e. The Morgan fingerprint density at radius 3 is 1.92 bits per heavy atom. The molecular weight excluding hydrogens is 164 g/mol. The molecule has 0 aromatic carbocycles. The van der Waals surface area contributed by atoms with E-state index >= 15 is 0 Å². The molecule has 0 bridgehead atoms. The third-order valence-electron chi connectivity index (χ3n) is 1.67. The SMILES string of the molecule is CCNC(C)(C)C(=O)NC(C)(C)C. The lowest BCUT2D eigenvalue weighted by Crippen LogP contribution is -2.56. The smallest absolute Gasteiger partial charge is 0.240 e. The van der Waals surface area contributed by atoms with Gasteiger partial charge in [0.2, 0.25) is 5.91 Å². The van der Waals surface area contributed by atoms with Gasteiger partial charge < -0.3 is 10.6 Å². The van der Waals surface area contributed by atoms with Crippen LogP contribution in [0.2, 0.25) is 0 Å². The molecule has 78 valence electrons. The number of hydrogen-bond acceptors (Lipinski definition) is 2. The molecule has 0 saturated heterocycles. The van der Waals surface area contributed by atoms with Crippen LogP contribution in [0.15, 0.2) is 0 Å². The summed E-state index contributed by atoms with van der Waals surface area (Å²) in [6.45, 7) is 12.5. The standard InChI is InChI=1S/C10H22N2O/c1-7-11-10(5,6)8(13)12-9(2,3)4/h11H,7H2,1-6H3,(H,12,13). The van der Waals surface area contributed by atoms with Gasteiger partial charge in [-0.15, -0.1) is 0 Å². The van der Waals surface area contributed by atoms with Gasteiger partial charge in [0, 0.05) is 5.54 Å². The van der Waals surface area contributed by atoms with E-state index in [1.54, 1.807) is 0 Å². The molecule has 0 aliphatic rings. The number of carbonyl (C=O) groups excluding carboxylic acids is 1. The van der Waals surface area contributed by atoms with Gasteiger partial charge in [-0.2, -0.15) is 0 Å². The molecule has 0 atom stereocenters. The molecule has 0 heterocycles. The van der Waals surface area contributed by atoms with Gasteiger partial charge >= 0.3 is 0 Å². The first kappa shape index (κ1) is 12.4. The lowest BCUT2D eigenvalue weighted by Gasteiger charge is -2.30. The average molecular weight is 186 g/mol. The van der Waals surface area contributed by atoms with Crippen molar-refractivity contribution >= 4 is 5.91 Å². The second-order valence-electron chi connectivity index (χ2n) is 4.86. The molecule has 2 N–H and O–H groups in total. The lowest BCUT2D eigenvalue weighted by atomic mass is 10.0. The second kappa shape index (κ2) is 4.09. The maximum atomic E-state index is 11.7. The Hall–Kier alpha value is -0.570. The molecule has 13 heavy (non-hydrogen) atoms. The molecule has 0 fully saturated rings. The Morgan fingerprint density at radius 2 is 1.62 bits per heavy atom. The molecule has 0 saturated carbocycles. The predicted molar refractivity (Wildman–Crippen MR) is 55.7 cm³/mol. The average Bonchev–Trinajstić information content (AvgIpc) is 1.82. The monoisotopic (exact) mass is 186 g/mol. The summed E-state index contributed by atoms with van der Waals surface area (Å²) in [6.07, 6.45) is 0. The fourth-order valence-corrected chi connectivity index (χ4v) is 1.02. The molecule has 0 aromatic heterocycles. The van der Waals surface area contributed by atoms with E-state index in [2.05, 4.69) is 10.6 Å². The summed E-state index contributed by atoms with van der Waals surface area (Å²) in [7, 11) is 0. The van der Waals surface area contributed by atoms with Crippen molar-refractivity contribution in [1.82, 2.24) is 10.6 Å². The summed E-state index contributed by atoms with van der Waals surface area (Å²) >= 11 is 0. The molecule has 3 nitrogen and oxygen atoms in total. The van der Waals surface area contributed by atoms with E-state index in [1.807, 2.05) is 41.5 Å². The predicted octanol–water partition coefficient (Wildman–Crippen LogP) is 1.29. The van der Waals surface area contributed by atoms with Crippen LogP contribution < -0.4 is 10.6 Å². The Kier molecular flexibility index (Phi) is 3.91. The van der Waals surface area contributed by atoms with Crippen LogP contribution >= 0.6 is 0 Å². The van der Waals surface area contributed by atoms with Gasteiger partial charge in [0.15, 0.2) is 0 Å². The van der Waals surface area contributed by atoms with E-state index in [0.29, 0.717) is 0 Å². The maximum absolute atomic E-state index is 11.7. The summed E-state index contributed by atoms with van der Waals surface area (Å²) < 4.78 is 0. The van der Waals surface area contributed by atoms with Gasteiger partial charge in [0.25, 0.3) is 0 Å². The van der Waals surface area contributed by atoms with E-state index in [-0.39, 0.29) is 11.4 Å². The molecule has 0 unspecified atom stereocenters. The number of carbonyl (C=O) groups is 1. The Bertz CT molecular complexity index is 180. The van der Waals surface area contributed by atoms with Crippen molar-refractivity contribution in [1.29, 1.82) is 0 Å². The summed E-state index contributed by atoms with van der Waals surface area (Å²) in [4.78, 5) is 11.7.